The lowest BCUT2D eigenvalue weighted by atomic mass is 10.1. The SMILES string of the molecule is CCn1c(SCC(=O)NCC(C)C)nnc1-c1cccc(C)c1. The van der Waals surface area contributed by atoms with Crippen LogP contribution in [0.1, 0.15) is 26.3 Å². The van der Waals surface area contributed by atoms with Crippen molar-refractivity contribution in [2.75, 3.05) is 12.3 Å². The molecule has 0 spiro atoms. The summed E-state index contributed by atoms with van der Waals surface area (Å²) in [4.78, 5) is 11.9. The zero-order valence-corrected chi connectivity index (χ0v) is 15.0. The maximum Gasteiger partial charge on any atom is 0.230 e. The summed E-state index contributed by atoms with van der Waals surface area (Å²) < 4.78 is 2.05. The van der Waals surface area contributed by atoms with E-state index in [0.717, 1.165) is 23.1 Å². The number of hydrogen-bond acceptors (Lipinski definition) is 4. The Kier molecular flexibility index (Phi) is 6.21. The van der Waals surface area contributed by atoms with Crippen molar-refractivity contribution in [1.82, 2.24) is 20.1 Å². The van der Waals surface area contributed by atoms with E-state index in [-0.39, 0.29) is 5.91 Å². The number of rotatable bonds is 7. The summed E-state index contributed by atoms with van der Waals surface area (Å²) in [5, 5.41) is 12.3. The molecule has 1 aromatic heterocycles. The Balaban J connectivity index is 2.08. The predicted octanol–water partition coefficient (Wildman–Crippen LogP) is 3.14. The number of carbonyl (C=O) groups excluding carboxylic acids is 1. The van der Waals surface area contributed by atoms with Gasteiger partial charge < -0.3 is 9.88 Å². The molecule has 0 bridgehead atoms. The molecule has 5 nitrogen and oxygen atoms in total. The van der Waals surface area contributed by atoms with Crippen molar-refractivity contribution in [1.29, 1.82) is 0 Å². The van der Waals surface area contributed by atoms with E-state index in [9.17, 15) is 4.79 Å². The number of hydrogen-bond donors (Lipinski definition) is 1. The Morgan fingerprint density at radius 1 is 1.35 bits per heavy atom. The van der Waals surface area contributed by atoms with Gasteiger partial charge in [0.1, 0.15) is 0 Å². The van der Waals surface area contributed by atoms with Crippen molar-refractivity contribution in [3.63, 3.8) is 0 Å². The summed E-state index contributed by atoms with van der Waals surface area (Å²) >= 11 is 1.43. The minimum atomic E-state index is 0.0338. The Morgan fingerprint density at radius 3 is 2.78 bits per heavy atom. The van der Waals surface area contributed by atoms with Gasteiger partial charge in [-0.2, -0.15) is 0 Å². The lowest BCUT2D eigenvalue weighted by molar-refractivity contribution is -0.118. The second kappa shape index (κ2) is 8.15. The number of aryl methyl sites for hydroxylation is 1. The molecule has 0 saturated carbocycles. The molecule has 2 rings (SSSR count). The fraction of sp³-hybridized carbons (Fsp3) is 0.471. The first-order valence-electron chi connectivity index (χ1n) is 7.91. The number of carbonyl (C=O) groups is 1. The van der Waals surface area contributed by atoms with Crippen molar-refractivity contribution < 1.29 is 4.79 Å². The smallest absolute Gasteiger partial charge is 0.230 e. The highest BCUT2D eigenvalue weighted by molar-refractivity contribution is 7.99. The number of aromatic nitrogens is 3. The minimum Gasteiger partial charge on any atom is -0.355 e. The van der Waals surface area contributed by atoms with Gasteiger partial charge in [-0.1, -0.05) is 49.4 Å². The van der Waals surface area contributed by atoms with Gasteiger partial charge >= 0.3 is 0 Å². The lowest BCUT2D eigenvalue weighted by Gasteiger charge is -2.09. The largest absolute Gasteiger partial charge is 0.355 e. The lowest BCUT2D eigenvalue weighted by Crippen LogP contribution is -2.28. The molecule has 0 radical (unpaired) electrons. The summed E-state index contributed by atoms with van der Waals surface area (Å²) in [5.74, 6) is 1.70. The van der Waals surface area contributed by atoms with Gasteiger partial charge in [0.2, 0.25) is 5.91 Å². The third-order valence-corrected chi connectivity index (χ3v) is 4.32. The third kappa shape index (κ3) is 4.82. The van der Waals surface area contributed by atoms with Crippen LogP contribution in [0.2, 0.25) is 0 Å². The summed E-state index contributed by atoms with van der Waals surface area (Å²) in [5.41, 5.74) is 2.24. The molecule has 1 heterocycles. The van der Waals surface area contributed by atoms with E-state index in [4.69, 9.17) is 0 Å². The number of benzene rings is 1. The van der Waals surface area contributed by atoms with Gasteiger partial charge in [0.25, 0.3) is 0 Å². The molecular formula is C17H24N4OS. The van der Waals surface area contributed by atoms with Crippen LogP contribution in [-0.4, -0.2) is 33.0 Å². The van der Waals surface area contributed by atoms with Crippen LogP contribution in [0.25, 0.3) is 11.4 Å². The molecule has 124 valence electrons. The molecule has 1 aromatic carbocycles. The Bertz CT molecular complexity index is 666. The highest BCUT2D eigenvalue weighted by Crippen LogP contribution is 2.24. The van der Waals surface area contributed by atoms with Gasteiger partial charge in [-0.25, -0.2) is 0 Å². The molecule has 0 saturated heterocycles. The van der Waals surface area contributed by atoms with Crippen molar-refractivity contribution in [3.05, 3.63) is 29.8 Å². The normalized spacial score (nSPS) is 11.0. The zero-order valence-electron chi connectivity index (χ0n) is 14.2. The molecular weight excluding hydrogens is 308 g/mol. The van der Waals surface area contributed by atoms with Crippen molar-refractivity contribution in [3.8, 4) is 11.4 Å². The second-order valence-electron chi connectivity index (χ2n) is 5.91. The van der Waals surface area contributed by atoms with E-state index in [1.54, 1.807) is 0 Å². The molecule has 0 unspecified atom stereocenters. The monoisotopic (exact) mass is 332 g/mol. The fourth-order valence-corrected chi connectivity index (χ4v) is 3.01. The van der Waals surface area contributed by atoms with Crippen LogP contribution in [0.5, 0.6) is 0 Å². The van der Waals surface area contributed by atoms with E-state index in [1.807, 2.05) is 12.1 Å². The Hall–Kier alpha value is -1.82. The van der Waals surface area contributed by atoms with Crippen LogP contribution >= 0.6 is 11.8 Å². The Morgan fingerprint density at radius 2 is 2.13 bits per heavy atom. The van der Waals surface area contributed by atoms with E-state index < -0.39 is 0 Å². The molecule has 6 heteroatoms. The van der Waals surface area contributed by atoms with Gasteiger partial charge in [-0.05, 0) is 25.8 Å². The number of amides is 1. The van der Waals surface area contributed by atoms with Gasteiger partial charge in [-0.15, -0.1) is 10.2 Å². The number of thioether (sulfide) groups is 1. The summed E-state index contributed by atoms with van der Waals surface area (Å²) in [6.07, 6.45) is 0. The molecule has 1 N–H and O–H groups in total. The number of nitrogens with one attached hydrogen (secondary N) is 1. The zero-order chi connectivity index (χ0) is 16.8. The van der Waals surface area contributed by atoms with Crippen molar-refractivity contribution in [2.45, 2.75) is 39.4 Å². The first-order chi connectivity index (χ1) is 11.0. The molecule has 23 heavy (non-hydrogen) atoms. The first kappa shape index (κ1) is 17.5. The highest BCUT2D eigenvalue weighted by Gasteiger charge is 2.14. The predicted molar refractivity (Wildman–Crippen MR) is 94.4 cm³/mol. The molecule has 0 aliphatic rings. The van der Waals surface area contributed by atoms with Gasteiger partial charge in [0.05, 0.1) is 5.75 Å². The van der Waals surface area contributed by atoms with E-state index in [1.165, 1.54) is 17.3 Å². The second-order valence-corrected chi connectivity index (χ2v) is 6.85. The van der Waals surface area contributed by atoms with Gasteiger partial charge in [-0.3, -0.25) is 4.79 Å². The molecule has 0 aliphatic heterocycles. The molecule has 0 fully saturated rings. The first-order valence-corrected chi connectivity index (χ1v) is 8.89. The van der Waals surface area contributed by atoms with Crippen LogP contribution in [0.4, 0.5) is 0 Å². The highest BCUT2D eigenvalue weighted by atomic mass is 32.2. The van der Waals surface area contributed by atoms with Gasteiger partial charge in [0, 0.05) is 18.7 Å². The van der Waals surface area contributed by atoms with E-state index >= 15 is 0 Å². The van der Waals surface area contributed by atoms with E-state index in [2.05, 4.69) is 59.9 Å². The topological polar surface area (TPSA) is 59.8 Å². The molecule has 0 atom stereocenters. The average molecular weight is 332 g/mol. The minimum absolute atomic E-state index is 0.0338. The maximum atomic E-state index is 11.9. The van der Waals surface area contributed by atoms with Crippen molar-refractivity contribution in [2.24, 2.45) is 5.92 Å². The van der Waals surface area contributed by atoms with Crippen LogP contribution in [0.3, 0.4) is 0 Å². The summed E-state index contributed by atoms with van der Waals surface area (Å²) in [6.45, 7) is 9.75. The molecule has 1 amide bonds. The van der Waals surface area contributed by atoms with Crippen molar-refractivity contribution >= 4 is 17.7 Å². The molecule has 0 aliphatic carbocycles. The standard InChI is InChI=1S/C17H24N4OS/c1-5-21-16(14-8-6-7-13(4)9-14)19-20-17(21)23-11-15(22)18-10-12(2)3/h6-9,12H,5,10-11H2,1-4H3,(H,18,22). The van der Waals surface area contributed by atoms with Crippen LogP contribution in [0.15, 0.2) is 29.4 Å². The van der Waals surface area contributed by atoms with Crippen LogP contribution in [-0.2, 0) is 11.3 Å². The summed E-state index contributed by atoms with van der Waals surface area (Å²) in [6, 6.07) is 8.21. The van der Waals surface area contributed by atoms with Crippen LogP contribution < -0.4 is 5.32 Å². The average Bonchev–Trinajstić information content (AvgIpc) is 2.93. The Labute approximate surface area is 141 Å². The molecule has 2 aromatic rings. The fourth-order valence-electron chi connectivity index (χ4n) is 2.18. The van der Waals surface area contributed by atoms with Gasteiger partial charge in [0.15, 0.2) is 11.0 Å². The number of nitrogens with zero attached hydrogens (tertiary/aromatic N) is 3. The maximum absolute atomic E-state index is 11.9. The quantitative estimate of drug-likeness (QED) is 0.791. The van der Waals surface area contributed by atoms with E-state index in [0.29, 0.717) is 18.2 Å². The summed E-state index contributed by atoms with van der Waals surface area (Å²) in [7, 11) is 0. The third-order valence-electron chi connectivity index (χ3n) is 3.35. The van der Waals surface area contributed by atoms with Crippen LogP contribution in [0, 0.1) is 12.8 Å².